The van der Waals surface area contributed by atoms with Crippen LogP contribution in [-0.4, -0.2) is 29.0 Å². The highest BCUT2D eigenvalue weighted by molar-refractivity contribution is 7.95. The maximum absolute atomic E-state index is 10.1. The van der Waals surface area contributed by atoms with Gasteiger partial charge in [-0.3, -0.25) is 9.05 Å². The zero-order chi connectivity index (χ0) is 32.2. The van der Waals surface area contributed by atoms with Gasteiger partial charge in [-0.15, -0.1) is 0 Å². The van der Waals surface area contributed by atoms with Gasteiger partial charge in [-0.2, -0.15) is 0 Å². The highest BCUT2D eigenvalue weighted by Crippen LogP contribution is 2.40. The van der Waals surface area contributed by atoms with Crippen LogP contribution in [0.25, 0.3) is 0 Å². The Kier molecular flexibility index (Phi) is 39.2. The largest absolute Gasteiger partial charge is 0.332 e. The van der Waals surface area contributed by atoms with Crippen molar-refractivity contribution in [2.75, 3.05) is 13.2 Å². The Balaban J connectivity index is 3.37. The van der Waals surface area contributed by atoms with Crippen LogP contribution >= 0.6 is 32.7 Å². The summed E-state index contributed by atoms with van der Waals surface area (Å²) in [6.45, 7) is 9.78. The molecule has 44 heavy (non-hydrogen) atoms. The predicted molar refractivity (Wildman–Crippen MR) is 198 cm³/mol. The lowest BCUT2D eigenvalue weighted by Gasteiger charge is -2.18. The molecule has 0 aliphatic heterocycles. The predicted octanol–water partition coefficient (Wildman–Crippen LogP) is 14.2. The SMILES string of the molecule is CCCCCCCCCCCCCCCCOSC(C)OP(O)OC(C)SOCCCCCCCCCCCCCCCC. The highest BCUT2D eigenvalue weighted by atomic mass is 32.2. The van der Waals surface area contributed by atoms with Crippen LogP contribution in [0.3, 0.4) is 0 Å². The first kappa shape index (κ1) is 44.9. The van der Waals surface area contributed by atoms with Gasteiger partial charge >= 0.3 is 8.60 Å². The Morgan fingerprint density at radius 2 is 0.636 bits per heavy atom. The van der Waals surface area contributed by atoms with E-state index in [1.54, 1.807) is 0 Å². The van der Waals surface area contributed by atoms with Gasteiger partial charge in [0.2, 0.25) is 0 Å². The average Bonchev–Trinajstić information content (AvgIpc) is 3.00. The highest BCUT2D eigenvalue weighted by Gasteiger charge is 2.18. The summed E-state index contributed by atoms with van der Waals surface area (Å²) in [5.74, 6) is 0. The summed E-state index contributed by atoms with van der Waals surface area (Å²) in [5, 5.41) is 0. The van der Waals surface area contributed by atoms with Crippen molar-refractivity contribution in [1.82, 2.24) is 0 Å². The standard InChI is InChI=1S/C36H75O5PS2/c1-5-7-9-11-13-15-17-19-21-23-25-27-29-31-33-38-43-35(3)40-42(37)41-36(4)44-39-34-32-30-28-26-24-22-20-18-16-14-12-10-8-6-2/h35-37H,5-34H2,1-4H3. The number of unbranched alkanes of at least 4 members (excludes halogenated alkanes) is 26. The Hall–Kier alpha value is 0.930. The van der Waals surface area contributed by atoms with Gasteiger partial charge in [0.15, 0.2) is 0 Å². The first-order chi connectivity index (χ1) is 21.6. The maximum atomic E-state index is 10.1. The van der Waals surface area contributed by atoms with E-state index in [9.17, 15) is 4.89 Å². The van der Waals surface area contributed by atoms with Crippen molar-refractivity contribution in [3.05, 3.63) is 0 Å². The van der Waals surface area contributed by atoms with Gasteiger partial charge in [0, 0.05) is 24.1 Å². The molecule has 2 unspecified atom stereocenters. The molecule has 1 N–H and O–H groups in total. The van der Waals surface area contributed by atoms with Crippen LogP contribution in [0.4, 0.5) is 0 Å². The molecule has 0 aliphatic rings. The van der Waals surface area contributed by atoms with E-state index in [0.29, 0.717) is 0 Å². The topological polar surface area (TPSA) is 57.2 Å². The van der Waals surface area contributed by atoms with Gasteiger partial charge in [0.05, 0.1) is 13.2 Å². The molecule has 0 aromatic rings. The number of hydrogen-bond acceptors (Lipinski definition) is 7. The third kappa shape index (κ3) is 37.4. The van der Waals surface area contributed by atoms with Crippen molar-refractivity contribution in [1.29, 1.82) is 0 Å². The molecule has 0 heterocycles. The van der Waals surface area contributed by atoms with Crippen LogP contribution in [-0.2, 0) is 17.4 Å². The van der Waals surface area contributed by atoms with E-state index in [2.05, 4.69) is 13.8 Å². The van der Waals surface area contributed by atoms with Crippen LogP contribution in [0.15, 0.2) is 0 Å². The molecule has 0 saturated carbocycles. The summed E-state index contributed by atoms with van der Waals surface area (Å²) in [5.41, 5.74) is -0.544. The molecule has 0 aromatic heterocycles. The van der Waals surface area contributed by atoms with Crippen molar-refractivity contribution in [2.45, 2.75) is 218 Å². The van der Waals surface area contributed by atoms with Crippen molar-refractivity contribution in [2.24, 2.45) is 0 Å². The second-order valence-electron chi connectivity index (χ2n) is 12.6. The van der Waals surface area contributed by atoms with Crippen LogP contribution in [0, 0.1) is 0 Å². The molecule has 0 spiro atoms. The van der Waals surface area contributed by atoms with Crippen LogP contribution in [0.1, 0.15) is 207 Å². The molecule has 266 valence electrons. The fraction of sp³-hybridized carbons (Fsp3) is 1.00. The summed E-state index contributed by atoms with van der Waals surface area (Å²) in [4.78, 5) is 10.1. The number of hydrogen-bond donors (Lipinski definition) is 1. The lowest BCUT2D eigenvalue weighted by molar-refractivity contribution is 0.180. The van der Waals surface area contributed by atoms with Gasteiger partial charge in [-0.1, -0.05) is 181 Å². The zero-order valence-corrected chi connectivity index (χ0v) is 32.2. The average molecular weight is 683 g/mol. The molecule has 0 bridgehead atoms. The second-order valence-corrected chi connectivity index (χ2v) is 15.7. The minimum absolute atomic E-state index is 0.272. The summed E-state index contributed by atoms with van der Waals surface area (Å²) in [7, 11) is -1.95. The van der Waals surface area contributed by atoms with Crippen molar-refractivity contribution >= 4 is 32.7 Å². The molecule has 2 atom stereocenters. The van der Waals surface area contributed by atoms with E-state index in [1.165, 1.54) is 191 Å². The van der Waals surface area contributed by atoms with Crippen LogP contribution in [0.5, 0.6) is 0 Å². The Labute approximate surface area is 285 Å². The zero-order valence-electron chi connectivity index (χ0n) is 29.7. The van der Waals surface area contributed by atoms with Crippen LogP contribution < -0.4 is 0 Å². The molecule has 8 heteroatoms. The summed E-state index contributed by atoms with van der Waals surface area (Å²) in [6, 6.07) is 0. The Bertz CT molecular complexity index is 491. The minimum Gasteiger partial charge on any atom is -0.328 e. The minimum atomic E-state index is -1.95. The van der Waals surface area contributed by atoms with E-state index in [0.717, 1.165) is 26.1 Å². The lowest BCUT2D eigenvalue weighted by atomic mass is 10.0. The second kappa shape index (κ2) is 38.4. The smallest absolute Gasteiger partial charge is 0.328 e. The summed E-state index contributed by atoms with van der Waals surface area (Å²) in [6.07, 6.45) is 38.0. The molecular formula is C36H75O5PS2. The van der Waals surface area contributed by atoms with Crippen molar-refractivity contribution in [3.63, 3.8) is 0 Å². The van der Waals surface area contributed by atoms with Crippen molar-refractivity contribution in [3.8, 4) is 0 Å². The molecule has 5 nitrogen and oxygen atoms in total. The quantitative estimate of drug-likeness (QED) is 0.0301. The maximum Gasteiger partial charge on any atom is 0.332 e. The fourth-order valence-electron chi connectivity index (χ4n) is 5.31. The fourth-order valence-corrected chi connectivity index (χ4v) is 7.40. The molecule has 0 radical (unpaired) electrons. The van der Waals surface area contributed by atoms with Gasteiger partial charge in [-0.25, -0.2) is 0 Å². The third-order valence-corrected chi connectivity index (χ3v) is 10.7. The van der Waals surface area contributed by atoms with E-state index >= 15 is 0 Å². The lowest BCUT2D eigenvalue weighted by Crippen LogP contribution is -2.06. The Morgan fingerprint density at radius 3 is 0.886 bits per heavy atom. The van der Waals surface area contributed by atoms with Gasteiger partial charge in [0.25, 0.3) is 0 Å². The van der Waals surface area contributed by atoms with Crippen molar-refractivity contribution < 1.29 is 22.3 Å². The van der Waals surface area contributed by atoms with E-state index in [-0.39, 0.29) is 10.9 Å². The Morgan fingerprint density at radius 1 is 0.409 bits per heavy atom. The molecule has 0 amide bonds. The first-order valence-electron chi connectivity index (χ1n) is 19.0. The molecule has 0 aromatic carbocycles. The number of rotatable bonds is 38. The molecule has 0 fully saturated rings. The molecule has 0 aliphatic carbocycles. The van der Waals surface area contributed by atoms with E-state index in [4.69, 9.17) is 17.4 Å². The van der Waals surface area contributed by atoms with Gasteiger partial charge in [-0.05, 0) is 26.7 Å². The molecule has 0 rings (SSSR count). The molecule has 0 saturated heterocycles. The van der Waals surface area contributed by atoms with Gasteiger partial charge < -0.3 is 13.3 Å². The third-order valence-electron chi connectivity index (χ3n) is 8.05. The summed E-state index contributed by atoms with van der Waals surface area (Å²) < 4.78 is 22.4. The first-order valence-corrected chi connectivity index (χ1v) is 21.7. The molecular weight excluding hydrogens is 607 g/mol. The van der Waals surface area contributed by atoms with Gasteiger partial charge in [0.1, 0.15) is 10.9 Å². The monoisotopic (exact) mass is 682 g/mol. The normalized spacial score (nSPS) is 13.8. The van der Waals surface area contributed by atoms with Crippen LogP contribution in [0.2, 0.25) is 0 Å². The summed E-state index contributed by atoms with van der Waals surface area (Å²) >= 11 is 2.55. The van der Waals surface area contributed by atoms with E-state index < -0.39 is 8.60 Å². The van der Waals surface area contributed by atoms with E-state index in [1.807, 2.05) is 13.8 Å².